The molecular weight excluding hydrogens is 302 g/mol. The first-order chi connectivity index (χ1) is 9.80. The maximum atomic E-state index is 11.5. The van der Waals surface area contributed by atoms with Crippen molar-refractivity contribution in [3.63, 3.8) is 0 Å². The van der Waals surface area contributed by atoms with E-state index < -0.39 is 32.0 Å². The molecule has 0 aliphatic carbocycles. The molecule has 0 bridgehead atoms. The Morgan fingerprint density at radius 3 is 2.71 bits per heavy atom. The van der Waals surface area contributed by atoms with E-state index in [2.05, 4.69) is 4.98 Å². The first kappa shape index (κ1) is 15.2. The second-order valence-corrected chi connectivity index (χ2v) is 6.92. The molecule has 21 heavy (non-hydrogen) atoms. The highest BCUT2D eigenvalue weighted by molar-refractivity contribution is 7.91. The van der Waals surface area contributed by atoms with E-state index in [-0.39, 0.29) is 23.9 Å². The second kappa shape index (κ2) is 5.64. The SMILES string of the molecule is O=C(O)c1cc(N2CCCS(=O)(=O)CC2)ncc1[N+](=O)[O-]. The minimum absolute atomic E-state index is 0.0475. The molecule has 2 heterocycles. The number of aromatic nitrogens is 1. The van der Waals surface area contributed by atoms with Crippen LogP contribution in [0.15, 0.2) is 12.3 Å². The number of sulfone groups is 1. The minimum atomic E-state index is -3.10. The number of nitro groups is 1. The van der Waals surface area contributed by atoms with Crippen LogP contribution in [-0.2, 0) is 9.84 Å². The number of hydrogen-bond acceptors (Lipinski definition) is 7. The maximum Gasteiger partial charge on any atom is 0.342 e. The molecule has 10 heteroatoms. The lowest BCUT2D eigenvalue weighted by Gasteiger charge is -2.20. The van der Waals surface area contributed by atoms with Crippen LogP contribution in [0.4, 0.5) is 11.5 Å². The molecule has 1 saturated heterocycles. The van der Waals surface area contributed by atoms with Gasteiger partial charge in [-0.25, -0.2) is 18.2 Å². The molecule has 0 amide bonds. The lowest BCUT2D eigenvalue weighted by Crippen LogP contribution is -2.27. The molecule has 1 aliphatic heterocycles. The topological polar surface area (TPSA) is 131 Å². The lowest BCUT2D eigenvalue weighted by molar-refractivity contribution is -0.385. The predicted octanol–water partition coefficient (Wildman–Crippen LogP) is 0.313. The van der Waals surface area contributed by atoms with Crippen LogP contribution in [0.25, 0.3) is 0 Å². The molecule has 114 valence electrons. The highest BCUT2D eigenvalue weighted by atomic mass is 32.2. The zero-order valence-corrected chi connectivity index (χ0v) is 11.7. The highest BCUT2D eigenvalue weighted by Gasteiger charge is 2.25. The normalized spacial score (nSPS) is 18.0. The minimum Gasteiger partial charge on any atom is -0.477 e. The van der Waals surface area contributed by atoms with Crippen molar-refractivity contribution in [1.29, 1.82) is 0 Å². The summed E-state index contributed by atoms with van der Waals surface area (Å²) >= 11 is 0. The number of carboxylic acid groups (broad SMARTS) is 1. The van der Waals surface area contributed by atoms with Crippen molar-refractivity contribution >= 4 is 27.3 Å². The van der Waals surface area contributed by atoms with E-state index in [1.54, 1.807) is 4.90 Å². The van der Waals surface area contributed by atoms with Crippen molar-refractivity contribution in [3.05, 3.63) is 27.9 Å². The molecule has 1 fully saturated rings. The van der Waals surface area contributed by atoms with Crippen LogP contribution < -0.4 is 4.90 Å². The largest absolute Gasteiger partial charge is 0.477 e. The first-order valence-corrected chi connectivity index (χ1v) is 7.95. The van der Waals surface area contributed by atoms with Crippen LogP contribution in [0.5, 0.6) is 0 Å². The van der Waals surface area contributed by atoms with Crippen LogP contribution in [0, 0.1) is 10.1 Å². The predicted molar refractivity (Wildman–Crippen MR) is 73.3 cm³/mol. The molecule has 0 unspecified atom stereocenters. The van der Waals surface area contributed by atoms with Crippen LogP contribution >= 0.6 is 0 Å². The van der Waals surface area contributed by atoms with E-state index in [0.29, 0.717) is 13.0 Å². The molecular formula is C11H13N3O6S. The number of carbonyl (C=O) groups is 1. The van der Waals surface area contributed by atoms with Gasteiger partial charge in [0.05, 0.1) is 16.4 Å². The summed E-state index contributed by atoms with van der Waals surface area (Å²) in [5, 5.41) is 19.8. The number of aromatic carboxylic acids is 1. The van der Waals surface area contributed by atoms with Crippen LogP contribution in [0.2, 0.25) is 0 Å². The number of rotatable bonds is 3. The Morgan fingerprint density at radius 1 is 1.38 bits per heavy atom. The van der Waals surface area contributed by atoms with Crippen LogP contribution in [0.3, 0.4) is 0 Å². The summed E-state index contributed by atoms with van der Waals surface area (Å²) in [6.07, 6.45) is 1.29. The molecule has 9 nitrogen and oxygen atoms in total. The Kier molecular flexibility index (Phi) is 4.07. The molecule has 0 radical (unpaired) electrons. The third-order valence-corrected chi connectivity index (χ3v) is 4.89. The zero-order chi connectivity index (χ0) is 15.6. The van der Waals surface area contributed by atoms with Crippen molar-refractivity contribution in [2.45, 2.75) is 6.42 Å². The summed E-state index contributed by atoms with van der Waals surface area (Å²) in [4.78, 5) is 26.5. The van der Waals surface area contributed by atoms with Gasteiger partial charge in [0.25, 0.3) is 0 Å². The number of hydrogen-bond donors (Lipinski definition) is 1. The molecule has 0 saturated carbocycles. The number of carboxylic acids is 1. The summed E-state index contributed by atoms with van der Waals surface area (Å²) in [7, 11) is -3.10. The first-order valence-electron chi connectivity index (χ1n) is 6.13. The average molecular weight is 315 g/mol. The van der Waals surface area contributed by atoms with E-state index in [9.17, 15) is 23.3 Å². The molecule has 1 aromatic rings. The van der Waals surface area contributed by atoms with E-state index in [0.717, 1.165) is 12.3 Å². The van der Waals surface area contributed by atoms with Gasteiger partial charge in [-0.05, 0) is 6.42 Å². The molecule has 1 aliphatic rings. The molecule has 0 aromatic carbocycles. The van der Waals surface area contributed by atoms with Crippen molar-refractivity contribution in [1.82, 2.24) is 4.98 Å². The Bertz CT molecular complexity index is 687. The summed E-state index contributed by atoms with van der Waals surface area (Å²) in [5.41, 5.74) is -1.05. The second-order valence-electron chi connectivity index (χ2n) is 4.61. The maximum absolute atomic E-state index is 11.5. The molecule has 0 atom stereocenters. The lowest BCUT2D eigenvalue weighted by atomic mass is 10.2. The van der Waals surface area contributed by atoms with Gasteiger partial charge in [0, 0.05) is 19.2 Å². The molecule has 0 spiro atoms. The van der Waals surface area contributed by atoms with Crippen LogP contribution in [0.1, 0.15) is 16.8 Å². The van der Waals surface area contributed by atoms with Crippen LogP contribution in [-0.4, -0.2) is 54.0 Å². The molecule has 1 aromatic heterocycles. The van der Waals surface area contributed by atoms with Gasteiger partial charge in [-0.2, -0.15) is 0 Å². The van der Waals surface area contributed by atoms with Gasteiger partial charge in [0.15, 0.2) is 9.84 Å². The summed E-state index contributed by atoms with van der Waals surface area (Å²) in [6.45, 7) is 0.593. The van der Waals surface area contributed by atoms with Gasteiger partial charge in [0.2, 0.25) is 0 Å². The number of pyridine rings is 1. The van der Waals surface area contributed by atoms with Gasteiger partial charge < -0.3 is 10.0 Å². The third kappa shape index (κ3) is 3.45. The highest BCUT2D eigenvalue weighted by Crippen LogP contribution is 2.23. The fourth-order valence-electron chi connectivity index (χ4n) is 2.09. The van der Waals surface area contributed by atoms with E-state index in [1.165, 1.54) is 0 Å². The van der Waals surface area contributed by atoms with E-state index >= 15 is 0 Å². The van der Waals surface area contributed by atoms with Crippen molar-refractivity contribution in [2.24, 2.45) is 0 Å². The number of anilines is 1. The Balaban J connectivity index is 2.34. The summed E-state index contributed by atoms with van der Waals surface area (Å²) in [6, 6.07) is 1.11. The van der Waals surface area contributed by atoms with Crippen molar-refractivity contribution in [3.8, 4) is 0 Å². The van der Waals surface area contributed by atoms with Gasteiger partial charge >= 0.3 is 11.7 Å². The monoisotopic (exact) mass is 315 g/mol. The standard InChI is InChI=1S/C11H13N3O6S/c15-11(16)8-6-10(12-7-9(8)14(17)18)13-2-1-4-21(19,20)5-3-13/h6-7H,1-5H2,(H,15,16). The van der Waals surface area contributed by atoms with Crippen molar-refractivity contribution < 1.29 is 23.2 Å². The fraction of sp³-hybridized carbons (Fsp3) is 0.455. The summed E-state index contributed by atoms with van der Waals surface area (Å²) < 4.78 is 23.1. The van der Waals surface area contributed by atoms with Gasteiger partial charge in [0.1, 0.15) is 17.6 Å². The Morgan fingerprint density at radius 2 is 2.10 bits per heavy atom. The average Bonchev–Trinajstić information content (AvgIpc) is 2.59. The zero-order valence-electron chi connectivity index (χ0n) is 10.9. The molecule has 2 rings (SSSR count). The molecule has 1 N–H and O–H groups in total. The van der Waals surface area contributed by atoms with Crippen molar-refractivity contribution in [2.75, 3.05) is 29.5 Å². The Hall–Kier alpha value is -2.23. The third-order valence-electron chi connectivity index (χ3n) is 3.18. The smallest absolute Gasteiger partial charge is 0.342 e. The Labute approximate surface area is 120 Å². The van der Waals surface area contributed by atoms with E-state index in [4.69, 9.17) is 5.11 Å². The quantitative estimate of drug-likeness (QED) is 0.623. The fourth-order valence-corrected chi connectivity index (χ4v) is 3.37. The van der Waals surface area contributed by atoms with Gasteiger partial charge in [-0.15, -0.1) is 0 Å². The van der Waals surface area contributed by atoms with Gasteiger partial charge in [-0.1, -0.05) is 0 Å². The summed E-state index contributed by atoms with van der Waals surface area (Å²) in [5.74, 6) is -1.17. The van der Waals surface area contributed by atoms with E-state index in [1.807, 2.05) is 0 Å². The number of nitrogens with zero attached hydrogens (tertiary/aromatic N) is 3. The van der Waals surface area contributed by atoms with Gasteiger partial charge in [-0.3, -0.25) is 10.1 Å².